The van der Waals surface area contributed by atoms with Gasteiger partial charge in [-0.1, -0.05) is 54.1 Å². The van der Waals surface area contributed by atoms with Gasteiger partial charge < -0.3 is 4.74 Å². The second-order valence-corrected chi connectivity index (χ2v) is 5.53. The monoisotopic (exact) mass is 324 g/mol. The van der Waals surface area contributed by atoms with Crippen molar-refractivity contribution in [3.05, 3.63) is 76.8 Å². The van der Waals surface area contributed by atoms with Crippen LogP contribution in [0.4, 0.5) is 0 Å². The quantitative estimate of drug-likeness (QED) is 0.404. The Morgan fingerprint density at radius 1 is 1.00 bits per heavy atom. The van der Waals surface area contributed by atoms with E-state index in [2.05, 4.69) is 0 Å². The number of carbonyl (C=O) groups is 2. The minimum Gasteiger partial charge on any atom is -0.425 e. The van der Waals surface area contributed by atoms with Crippen molar-refractivity contribution >= 4 is 34.6 Å². The van der Waals surface area contributed by atoms with Crippen molar-refractivity contribution in [1.29, 1.82) is 0 Å². The zero-order valence-electron chi connectivity index (χ0n) is 12.2. The molecule has 0 bridgehead atoms. The van der Waals surface area contributed by atoms with Crippen LogP contribution in [0.2, 0.25) is 5.02 Å². The second-order valence-electron chi connectivity index (χ2n) is 5.09. The third-order valence-corrected chi connectivity index (χ3v) is 3.79. The Balaban J connectivity index is 1.84. The number of aldehydes is 1. The van der Waals surface area contributed by atoms with Crippen molar-refractivity contribution in [3.63, 3.8) is 0 Å². The Morgan fingerprint density at radius 2 is 1.74 bits per heavy atom. The summed E-state index contributed by atoms with van der Waals surface area (Å²) in [5.74, 6) is -0.150. The zero-order valence-corrected chi connectivity index (χ0v) is 12.9. The average molecular weight is 325 g/mol. The summed E-state index contributed by atoms with van der Waals surface area (Å²) in [6.45, 7) is 0. The lowest BCUT2D eigenvalue weighted by molar-refractivity contribution is -0.133. The van der Waals surface area contributed by atoms with E-state index in [-0.39, 0.29) is 12.2 Å². The van der Waals surface area contributed by atoms with Gasteiger partial charge in [0.05, 0.1) is 12.0 Å². The molecule has 114 valence electrons. The largest absolute Gasteiger partial charge is 0.425 e. The van der Waals surface area contributed by atoms with Crippen molar-refractivity contribution in [2.75, 3.05) is 0 Å². The molecule has 0 fully saturated rings. The van der Waals surface area contributed by atoms with Crippen LogP contribution in [0.25, 0.3) is 10.8 Å². The second kappa shape index (κ2) is 6.63. The highest BCUT2D eigenvalue weighted by molar-refractivity contribution is 6.30. The average Bonchev–Trinajstić information content (AvgIpc) is 2.57. The Kier molecular flexibility index (Phi) is 4.40. The SMILES string of the molecule is O=Cc1c(OC(=O)Cc2ccc(Cl)cc2)ccc2ccccc12. The molecule has 0 amide bonds. The third kappa shape index (κ3) is 3.41. The molecule has 0 aromatic heterocycles. The summed E-state index contributed by atoms with van der Waals surface area (Å²) in [5, 5.41) is 2.30. The molecule has 0 heterocycles. The fourth-order valence-electron chi connectivity index (χ4n) is 2.41. The predicted octanol–water partition coefficient (Wildman–Crippen LogP) is 4.45. The number of fused-ring (bicyclic) bond motifs is 1. The number of esters is 1. The van der Waals surface area contributed by atoms with E-state index in [0.29, 0.717) is 16.9 Å². The molecule has 0 atom stereocenters. The van der Waals surface area contributed by atoms with Gasteiger partial charge in [0.1, 0.15) is 5.75 Å². The molecule has 0 aliphatic rings. The molecule has 3 nitrogen and oxygen atoms in total. The van der Waals surface area contributed by atoms with E-state index >= 15 is 0 Å². The Morgan fingerprint density at radius 3 is 2.48 bits per heavy atom. The lowest BCUT2D eigenvalue weighted by Crippen LogP contribution is -2.12. The van der Waals surface area contributed by atoms with Gasteiger partial charge in [-0.3, -0.25) is 9.59 Å². The molecular weight excluding hydrogens is 312 g/mol. The predicted molar refractivity (Wildman–Crippen MR) is 90.1 cm³/mol. The van der Waals surface area contributed by atoms with Gasteiger partial charge in [-0.25, -0.2) is 0 Å². The molecule has 0 unspecified atom stereocenters. The maximum Gasteiger partial charge on any atom is 0.315 e. The fraction of sp³-hybridized carbons (Fsp3) is 0.0526. The first kappa shape index (κ1) is 15.3. The van der Waals surface area contributed by atoms with Crippen LogP contribution in [-0.4, -0.2) is 12.3 Å². The lowest BCUT2D eigenvalue weighted by Gasteiger charge is -2.09. The summed E-state index contributed by atoms with van der Waals surface area (Å²) in [5.41, 5.74) is 1.18. The zero-order chi connectivity index (χ0) is 16.2. The van der Waals surface area contributed by atoms with Gasteiger partial charge in [0.15, 0.2) is 6.29 Å². The first-order valence-corrected chi connectivity index (χ1v) is 7.47. The smallest absolute Gasteiger partial charge is 0.315 e. The van der Waals surface area contributed by atoms with Gasteiger partial charge in [0, 0.05) is 5.02 Å². The standard InChI is InChI=1S/C19H13ClO3/c20-15-8-5-13(6-9-15)11-19(22)23-18-10-7-14-3-1-2-4-16(14)17(18)12-21/h1-10,12H,11H2. The third-order valence-electron chi connectivity index (χ3n) is 3.53. The highest BCUT2D eigenvalue weighted by Crippen LogP contribution is 2.27. The van der Waals surface area contributed by atoms with Gasteiger partial charge >= 0.3 is 5.97 Å². The van der Waals surface area contributed by atoms with Crippen LogP contribution in [0.3, 0.4) is 0 Å². The summed E-state index contributed by atoms with van der Waals surface area (Å²) in [7, 11) is 0. The molecule has 0 aliphatic carbocycles. The summed E-state index contributed by atoms with van der Waals surface area (Å²) in [6.07, 6.45) is 0.829. The van der Waals surface area contributed by atoms with Crippen LogP contribution >= 0.6 is 11.6 Å². The normalized spacial score (nSPS) is 10.5. The van der Waals surface area contributed by atoms with Gasteiger partial charge in [-0.2, -0.15) is 0 Å². The maximum atomic E-state index is 12.1. The minimum atomic E-state index is -0.425. The van der Waals surface area contributed by atoms with E-state index in [4.69, 9.17) is 16.3 Å². The lowest BCUT2D eigenvalue weighted by atomic mass is 10.0. The van der Waals surface area contributed by atoms with E-state index in [1.54, 1.807) is 30.3 Å². The highest BCUT2D eigenvalue weighted by atomic mass is 35.5. The molecule has 0 radical (unpaired) electrons. The van der Waals surface area contributed by atoms with Gasteiger partial charge in [0.2, 0.25) is 0 Å². The van der Waals surface area contributed by atoms with E-state index in [1.165, 1.54) is 0 Å². The van der Waals surface area contributed by atoms with Crippen LogP contribution in [0.15, 0.2) is 60.7 Å². The first-order chi connectivity index (χ1) is 11.2. The first-order valence-electron chi connectivity index (χ1n) is 7.09. The molecule has 3 aromatic carbocycles. The van der Waals surface area contributed by atoms with Crippen LogP contribution in [0.5, 0.6) is 5.75 Å². The summed E-state index contributed by atoms with van der Waals surface area (Å²) >= 11 is 5.82. The molecule has 0 N–H and O–H groups in total. The molecule has 4 heteroatoms. The van der Waals surface area contributed by atoms with Gasteiger partial charge in [-0.05, 0) is 34.5 Å². The number of carbonyl (C=O) groups excluding carboxylic acids is 2. The van der Waals surface area contributed by atoms with E-state index in [1.807, 2.05) is 30.3 Å². The van der Waals surface area contributed by atoms with Crippen molar-refractivity contribution in [1.82, 2.24) is 0 Å². The maximum absolute atomic E-state index is 12.1. The number of hydrogen-bond acceptors (Lipinski definition) is 3. The molecule has 23 heavy (non-hydrogen) atoms. The van der Waals surface area contributed by atoms with Crippen LogP contribution < -0.4 is 4.74 Å². The molecule has 3 aromatic rings. The number of halogens is 1. The Hall–Kier alpha value is -2.65. The molecule has 0 saturated carbocycles. The van der Waals surface area contributed by atoms with Crippen molar-refractivity contribution < 1.29 is 14.3 Å². The van der Waals surface area contributed by atoms with Gasteiger partial charge in [0.25, 0.3) is 0 Å². The number of benzene rings is 3. The van der Waals surface area contributed by atoms with Crippen LogP contribution in [-0.2, 0) is 11.2 Å². The Labute approximate surface area is 138 Å². The van der Waals surface area contributed by atoms with Crippen molar-refractivity contribution in [3.8, 4) is 5.75 Å². The van der Waals surface area contributed by atoms with Crippen molar-refractivity contribution in [2.45, 2.75) is 6.42 Å². The number of ether oxygens (including phenoxy) is 1. The van der Waals surface area contributed by atoms with E-state index < -0.39 is 5.97 Å². The highest BCUT2D eigenvalue weighted by Gasteiger charge is 2.12. The van der Waals surface area contributed by atoms with Gasteiger partial charge in [-0.15, -0.1) is 0 Å². The molecule has 0 aliphatic heterocycles. The fourth-order valence-corrected chi connectivity index (χ4v) is 2.54. The number of rotatable bonds is 4. The summed E-state index contributed by atoms with van der Waals surface area (Å²) in [6, 6.07) is 17.9. The van der Waals surface area contributed by atoms with E-state index in [0.717, 1.165) is 16.3 Å². The molecule has 0 spiro atoms. The topological polar surface area (TPSA) is 43.4 Å². The molecule has 3 rings (SSSR count). The van der Waals surface area contributed by atoms with Crippen LogP contribution in [0, 0.1) is 0 Å². The Bertz CT molecular complexity index is 869. The van der Waals surface area contributed by atoms with Crippen LogP contribution in [0.1, 0.15) is 15.9 Å². The number of hydrogen-bond donors (Lipinski definition) is 0. The molecular formula is C19H13ClO3. The summed E-state index contributed by atoms with van der Waals surface area (Å²) < 4.78 is 5.38. The van der Waals surface area contributed by atoms with Crippen molar-refractivity contribution in [2.24, 2.45) is 0 Å². The van der Waals surface area contributed by atoms with E-state index in [9.17, 15) is 9.59 Å². The minimum absolute atomic E-state index is 0.113. The molecule has 0 saturated heterocycles. The summed E-state index contributed by atoms with van der Waals surface area (Å²) in [4.78, 5) is 23.5.